The van der Waals surface area contributed by atoms with Crippen molar-refractivity contribution in [3.8, 4) is 11.1 Å². The number of H-pyrrole nitrogens is 1. The third-order valence-electron chi connectivity index (χ3n) is 4.46. The van der Waals surface area contributed by atoms with E-state index in [0.717, 1.165) is 29.5 Å². The fourth-order valence-corrected chi connectivity index (χ4v) is 3.26. The highest BCUT2D eigenvalue weighted by atomic mass is 16.5. The summed E-state index contributed by atoms with van der Waals surface area (Å²) in [4.78, 5) is 21.8. The zero-order valence-electron chi connectivity index (χ0n) is 13.3. The average molecular weight is 326 g/mol. The second-order valence-electron chi connectivity index (χ2n) is 5.97. The highest BCUT2D eigenvalue weighted by molar-refractivity contribution is 5.83. The van der Waals surface area contributed by atoms with Gasteiger partial charge in [0.05, 0.1) is 17.5 Å². The third kappa shape index (κ3) is 2.35. The second-order valence-corrected chi connectivity index (χ2v) is 5.97. The molecule has 3 N–H and O–H groups in total. The van der Waals surface area contributed by atoms with Crippen LogP contribution < -0.4 is 11.3 Å². The Morgan fingerprint density at radius 1 is 1.33 bits per heavy atom. The average Bonchev–Trinajstić information content (AvgIpc) is 3.09. The molecule has 0 aromatic carbocycles. The summed E-state index contributed by atoms with van der Waals surface area (Å²) in [5, 5.41) is 7.54. The van der Waals surface area contributed by atoms with E-state index in [0.29, 0.717) is 24.4 Å². The summed E-state index contributed by atoms with van der Waals surface area (Å²) < 4.78 is 7.19. The van der Waals surface area contributed by atoms with E-state index >= 15 is 0 Å². The number of aromatic nitrogens is 5. The van der Waals surface area contributed by atoms with Gasteiger partial charge in [-0.3, -0.25) is 14.5 Å². The number of nitrogen functional groups attached to an aromatic ring is 1. The molecule has 24 heavy (non-hydrogen) atoms. The van der Waals surface area contributed by atoms with E-state index in [1.165, 1.54) is 0 Å². The molecule has 4 heterocycles. The molecule has 3 aromatic heterocycles. The molecule has 1 aliphatic heterocycles. The number of nitrogens with zero attached hydrogens (tertiary/aromatic N) is 4. The molecule has 124 valence electrons. The number of nitrogens with one attached hydrogen (secondary N) is 1. The monoisotopic (exact) mass is 326 g/mol. The minimum absolute atomic E-state index is 0.0364. The number of hydrogen-bond acceptors (Lipinski definition) is 6. The van der Waals surface area contributed by atoms with Crippen LogP contribution in [0.2, 0.25) is 0 Å². The predicted molar refractivity (Wildman–Crippen MR) is 89.6 cm³/mol. The lowest BCUT2D eigenvalue weighted by Gasteiger charge is -2.26. The Balaban J connectivity index is 2.06. The molecule has 0 unspecified atom stereocenters. The molecule has 4 rings (SSSR count). The number of nitrogens with two attached hydrogens (primary N) is 1. The van der Waals surface area contributed by atoms with Crippen molar-refractivity contribution < 1.29 is 4.74 Å². The summed E-state index contributed by atoms with van der Waals surface area (Å²) in [7, 11) is 0. The van der Waals surface area contributed by atoms with Crippen molar-refractivity contribution in [2.45, 2.75) is 25.8 Å². The molecule has 0 amide bonds. The maximum absolute atomic E-state index is 13.2. The Hall–Kier alpha value is -2.74. The van der Waals surface area contributed by atoms with Gasteiger partial charge in [-0.15, -0.1) is 0 Å². The summed E-state index contributed by atoms with van der Waals surface area (Å²) in [5.41, 5.74) is 8.41. The number of hydrogen-bond donors (Lipinski definition) is 2. The van der Waals surface area contributed by atoms with E-state index in [-0.39, 0.29) is 17.5 Å². The van der Waals surface area contributed by atoms with Crippen LogP contribution in [-0.2, 0) is 4.74 Å². The maximum Gasteiger partial charge on any atom is 0.260 e. The molecule has 0 spiro atoms. The van der Waals surface area contributed by atoms with Crippen molar-refractivity contribution in [2.24, 2.45) is 0 Å². The topological polar surface area (TPSA) is 112 Å². The summed E-state index contributed by atoms with van der Waals surface area (Å²) in [6.45, 7) is 3.14. The number of ether oxygens (including phenoxy) is 1. The molecule has 8 heteroatoms. The maximum atomic E-state index is 13.2. The highest BCUT2D eigenvalue weighted by Gasteiger charge is 2.23. The fourth-order valence-electron chi connectivity index (χ4n) is 3.26. The van der Waals surface area contributed by atoms with Crippen LogP contribution in [0, 0.1) is 6.92 Å². The van der Waals surface area contributed by atoms with Crippen LogP contribution in [0.25, 0.3) is 22.2 Å². The van der Waals surface area contributed by atoms with E-state index < -0.39 is 0 Å². The molecular weight excluding hydrogens is 308 g/mol. The van der Waals surface area contributed by atoms with Crippen LogP contribution in [-0.4, -0.2) is 37.9 Å². The van der Waals surface area contributed by atoms with E-state index in [4.69, 9.17) is 10.5 Å². The first-order valence-electron chi connectivity index (χ1n) is 7.91. The van der Waals surface area contributed by atoms with Crippen molar-refractivity contribution in [1.29, 1.82) is 0 Å². The number of anilines is 1. The van der Waals surface area contributed by atoms with Gasteiger partial charge in [-0.2, -0.15) is 10.1 Å². The van der Waals surface area contributed by atoms with Crippen LogP contribution in [0.3, 0.4) is 0 Å². The summed E-state index contributed by atoms with van der Waals surface area (Å²) in [5.74, 6) is 0.177. The largest absolute Gasteiger partial charge is 0.381 e. The zero-order chi connectivity index (χ0) is 16.7. The van der Waals surface area contributed by atoms with Crippen LogP contribution in [0.15, 0.2) is 23.3 Å². The first-order valence-corrected chi connectivity index (χ1v) is 7.91. The van der Waals surface area contributed by atoms with Crippen LogP contribution >= 0.6 is 0 Å². The first-order chi connectivity index (χ1) is 11.6. The molecule has 1 fully saturated rings. The third-order valence-corrected chi connectivity index (χ3v) is 4.46. The Morgan fingerprint density at radius 3 is 2.83 bits per heavy atom. The van der Waals surface area contributed by atoms with E-state index in [1.807, 2.05) is 13.0 Å². The SMILES string of the molecule is Cc1nc(N)nc2c1cc(-c1cn[nH]c1)c(=O)n2C1CCOCC1. The van der Waals surface area contributed by atoms with Gasteiger partial charge in [-0.1, -0.05) is 0 Å². The van der Waals surface area contributed by atoms with Crippen LogP contribution in [0.4, 0.5) is 5.95 Å². The smallest absolute Gasteiger partial charge is 0.260 e. The number of rotatable bonds is 2. The van der Waals surface area contributed by atoms with E-state index in [1.54, 1.807) is 17.0 Å². The predicted octanol–water partition coefficient (Wildman–Crippen LogP) is 1.42. The molecule has 3 aromatic rings. The van der Waals surface area contributed by atoms with Crippen molar-refractivity contribution in [3.05, 3.63) is 34.5 Å². The molecule has 0 saturated carbocycles. The van der Waals surface area contributed by atoms with Crippen molar-refractivity contribution in [2.75, 3.05) is 18.9 Å². The van der Waals surface area contributed by atoms with Gasteiger partial charge in [-0.05, 0) is 25.8 Å². The molecule has 0 aliphatic carbocycles. The molecule has 0 radical (unpaired) electrons. The number of aryl methyl sites for hydroxylation is 1. The summed E-state index contributed by atoms with van der Waals surface area (Å²) >= 11 is 0. The molecule has 0 bridgehead atoms. The molecular formula is C16H18N6O2. The summed E-state index contributed by atoms with van der Waals surface area (Å²) in [6.07, 6.45) is 4.90. The lowest BCUT2D eigenvalue weighted by atomic mass is 10.0. The molecule has 0 atom stereocenters. The Kier molecular flexibility index (Phi) is 3.53. The molecule has 8 nitrogen and oxygen atoms in total. The lowest BCUT2D eigenvalue weighted by Crippen LogP contribution is -2.31. The quantitative estimate of drug-likeness (QED) is 0.736. The minimum atomic E-state index is -0.0895. The first kappa shape index (κ1) is 14.8. The molecule has 1 saturated heterocycles. The fraction of sp³-hybridized carbons (Fsp3) is 0.375. The van der Waals surface area contributed by atoms with Crippen molar-refractivity contribution in [3.63, 3.8) is 0 Å². The highest BCUT2D eigenvalue weighted by Crippen LogP contribution is 2.27. The van der Waals surface area contributed by atoms with E-state index in [9.17, 15) is 4.79 Å². The number of pyridine rings is 1. The second kappa shape index (κ2) is 5.72. The van der Waals surface area contributed by atoms with Gasteiger partial charge in [0.1, 0.15) is 5.65 Å². The van der Waals surface area contributed by atoms with Gasteiger partial charge >= 0.3 is 0 Å². The lowest BCUT2D eigenvalue weighted by molar-refractivity contribution is 0.0697. The summed E-state index contributed by atoms with van der Waals surface area (Å²) in [6, 6.07) is 1.86. The number of aromatic amines is 1. The van der Waals surface area contributed by atoms with Gasteiger partial charge in [0, 0.05) is 36.4 Å². The van der Waals surface area contributed by atoms with Gasteiger partial charge in [0.15, 0.2) is 0 Å². The normalized spacial score (nSPS) is 15.9. The van der Waals surface area contributed by atoms with Crippen molar-refractivity contribution >= 4 is 17.0 Å². The van der Waals surface area contributed by atoms with Crippen LogP contribution in [0.1, 0.15) is 24.6 Å². The van der Waals surface area contributed by atoms with Gasteiger partial charge in [-0.25, -0.2) is 4.98 Å². The Labute approximate surface area is 137 Å². The standard InChI is InChI=1S/C16H18N6O2/c1-9-12-6-13(10-7-18-19-8-10)15(23)22(11-2-4-24-5-3-11)14(12)21-16(17)20-9/h6-8,11H,2-5H2,1H3,(H,18,19)(H2,17,20,21). The van der Waals surface area contributed by atoms with E-state index in [2.05, 4.69) is 20.2 Å². The van der Waals surface area contributed by atoms with Crippen LogP contribution in [0.5, 0.6) is 0 Å². The van der Waals surface area contributed by atoms with Crippen molar-refractivity contribution in [1.82, 2.24) is 24.7 Å². The number of fused-ring (bicyclic) bond motifs is 1. The van der Waals surface area contributed by atoms with Gasteiger partial charge < -0.3 is 10.5 Å². The Bertz CT molecular complexity index is 941. The van der Waals surface area contributed by atoms with Gasteiger partial charge in [0.25, 0.3) is 5.56 Å². The minimum Gasteiger partial charge on any atom is -0.381 e. The zero-order valence-corrected chi connectivity index (χ0v) is 13.3. The van der Waals surface area contributed by atoms with Gasteiger partial charge in [0.2, 0.25) is 5.95 Å². The Morgan fingerprint density at radius 2 is 2.12 bits per heavy atom. The molecule has 1 aliphatic rings.